The van der Waals surface area contributed by atoms with Crippen LogP contribution in [-0.2, 0) is 0 Å². The summed E-state index contributed by atoms with van der Waals surface area (Å²) < 4.78 is 5.85. The molecule has 0 saturated carbocycles. The van der Waals surface area contributed by atoms with Crippen molar-refractivity contribution in [3.63, 3.8) is 0 Å². The van der Waals surface area contributed by atoms with E-state index in [-0.39, 0.29) is 0 Å². The lowest BCUT2D eigenvalue weighted by molar-refractivity contribution is 0.191. The predicted octanol–water partition coefficient (Wildman–Crippen LogP) is 4.51. The van der Waals surface area contributed by atoms with E-state index in [9.17, 15) is 0 Å². The van der Waals surface area contributed by atoms with E-state index in [1.165, 1.54) is 12.8 Å². The Labute approximate surface area is 124 Å². The van der Waals surface area contributed by atoms with Gasteiger partial charge >= 0.3 is 0 Å². The molecule has 114 valence electrons. The van der Waals surface area contributed by atoms with Crippen molar-refractivity contribution >= 4 is 0 Å². The molecule has 1 N–H and O–H groups in total. The molecule has 1 unspecified atom stereocenters. The minimum atomic E-state index is 0.332. The van der Waals surface area contributed by atoms with Gasteiger partial charge in [0.15, 0.2) is 0 Å². The van der Waals surface area contributed by atoms with Gasteiger partial charge in [0.25, 0.3) is 0 Å². The van der Waals surface area contributed by atoms with E-state index in [0.29, 0.717) is 11.3 Å². The number of nitrogens with one attached hydrogen (secondary N) is 1. The van der Waals surface area contributed by atoms with Crippen molar-refractivity contribution in [2.24, 2.45) is 11.3 Å². The van der Waals surface area contributed by atoms with Crippen LogP contribution in [0.15, 0.2) is 30.3 Å². The Morgan fingerprint density at radius 2 is 1.85 bits per heavy atom. The maximum absolute atomic E-state index is 5.85. The van der Waals surface area contributed by atoms with Gasteiger partial charge in [-0.1, -0.05) is 52.3 Å². The van der Waals surface area contributed by atoms with Gasteiger partial charge in [-0.15, -0.1) is 0 Å². The van der Waals surface area contributed by atoms with Gasteiger partial charge in [-0.3, -0.25) is 0 Å². The highest BCUT2D eigenvalue weighted by Crippen LogP contribution is 2.27. The fourth-order valence-electron chi connectivity index (χ4n) is 2.50. The quantitative estimate of drug-likeness (QED) is 0.679. The highest BCUT2D eigenvalue weighted by Gasteiger charge is 2.23. The molecule has 0 aliphatic rings. The number of benzene rings is 1. The molecule has 1 rings (SSSR count). The van der Waals surface area contributed by atoms with E-state index in [2.05, 4.69) is 33.0 Å². The van der Waals surface area contributed by atoms with Gasteiger partial charge in [0.2, 0.25) is 0 Å². The zero-order valence-corrected chi connectivity index (χ0v) is 13.6. The largest absolute Gasteiger partial charge is 0.494 e. The Morgan fingerprint density at radius 3 is 2.45 bits per heavy atom. The Hall–Kier alpha value is -1.02. The maximum atomic E-state index is 5.85. The first-order valence-electron chi connectivity index (χ1n) is 7.94. The van der Waals surface area contributed by atoms with Gasteiger partial charge in [-0.25, -0.2) is 0 Å². The lowest BCUT2D eigenvalue weighted by Crippen LogP contribution is -2.35. The van der Waals surface area contributed by atoms with Gasteiger partial charge < -0.3 is 10.1 Å². The highest BCUT2D eigenvalue weighted by molar-refractivity contribution is 5.20. The first-order valence-corrected chi connectivity index (χ1v) is 7.94. The van der Waals surface area contributed by atoms with Crippen LogP contribution in [0.5, 0.6) is 5.75 Å². The van der Waals surface area contributed by atoms with Crippen LogP contribution in [0.25, 0.3) is 0 Å². The van der Waals surface area contributed by atoms with Gasteiger partial charge in [-0.2, -0.15) is 0 Å². The molecule has 1 atom stereocenters. The molecule has 2 heteroatoms. The maximum Gasteiger partial charge on any atom is 0.119 e. The summed E-state index contributed by atoms with van der Waals surface area (Å²) in [5.41, 5.74) is 0.332. The predicted molar refractivity (Wildman–Crippen MR) is 87.3 cm³/mol. The molecule has 0 aliphatic carbocycles. The second-order valence-electron chi connectivity index (χ2n) is 6.50. The van der Waals surface area contributed by atoms with Crippen molar-refractivity contribution in [1.29, 1.82) is 0 Å². The van der Waals surface area contributed by atoms with Crippen LogP contribution in [-0.4, -0.2) is 19.7 Å². The van der Waals surface area contributed by atoms with Crippen LogP contribution in [0.4, 0.5) is 0 Å². The third-order valence-electron chi connectivity index (χ3n) is 3.68. The summed E-state index contributed by atoms with van der Waals surface area (Å²) in [6, 6.07) is 10.1. The molecule has 0 bridgehead atoms. The summed E-state index contributed by atoms with van der Waals surface area (Å²) in [5, 5.41) is 3.60. The van der Waals surface area contributed by atoms with E-state index in [1.807, 2.05) is 30.3 Å². The van der Waals surface area contributed by atoms with Crippen molar-refractivity contribution in [1.82, 2.24) is 5.32 Å². The highest BCUT2D eigenvalue weighted by atomic mass is 16.5. The molecular weight excluding hydrogens is 246 g/mol. The van der Waals surface area contributed by atoms with Crippen LogP contribution < -0.4 is 10.1 Å². The lowest BCUT2D eigenvalue weighted by Gasteiger charge is -2.30. The molecule has 0 spiro atoms. The first-order chi connectivity index (χ1) is 9.56. The van der Waals surface area contributed by atoms with Gasteiger partial charge in [-0.05, 0) is 42.9 Å². The van der Waals surface area contributed by atoms with E-state index >= 15 is 0 Å². The fraction of sp³-hybridized carbons (Fsp3) is 0.667. The third-order valence-corrected chi connectivity index (χ3v) is 3.68. The number of para-hydroxylation sites is 1. The lowest BCUT2D eigenvalue weighted by atomic mass is 9.82. The number of hydrogen-bond donors (Lipinski definition) is 1. The zero-order valence-electron chi connectivity index (χ0n) is 13.6. The molecule has 0 amide bonds. The molecule has 0 radical (unpaired) electrons. The summed E-state index contributed by atoms with van der Waals surface area (Å²) >= 11 is 0. The summed E-state index contributed by atoms with van der Waals surface area (Å²) in [5.74, 6) is 1.68. The molecule has 0 aromatic heterocycles. The normalized spacial score (nSPS) is 14.2. The van der Waals surface area contributed by atoms with Crippen LogP contribution in [0, 0.1) is 11.3 Å². The van der Waals surface area contributed by atoms with E-state index in [1.54, 1.807) is 0 Å². The number of hydrogen-bond acceptors (Lipinski definition) is 2. The molecule has 2 nitrogen and oxygen atoms in total. The van der Waals surface area contributed by atoms with Crippen LogP contribution in [0.2, 0.25) is 0 Å². The molecule has 1 aromatic carbocycles. The second kappa shape index (κ2) is 9.02. The molecule has 1 aromatic rings. The standard InChI is InChI=1S/C18H31NO/c1-5-11-18(4,15-19-14-16(2)3)12-13-20-17-9-7-6-8-10-17/h6-10,16,19H,5,11-15H2,1-4H3. The SMILES string of the molecule is CCCC(C)(CCOc1ccccc1)CNCC(C)C. The van der Waals surface area contributed by atoms with Gasteiger partial charge in [0.05, 0.1) is 6.61 Å². The zero-order chi connectivity index (χ0) is 14.8. The van der Waals surface area contributed by atoms with E-state index in [0.717, 1.165) is 31.9 Å². The summed E-state index contributed by atoms with van der Waals surface area (Å²) in [6.07, 6.45) is 3.57. The molecule has 0 fully saturated rings. The molecule has 0 saturated heterocycles. The Morgan fingerprint density at radius 1 is 1.15 bits per heavy atom. The second-order valence-corrected chi connectivity index (χ2v) is 6.50. The molecule has 20 heavy (non-hydrogen) atoms. The average Bonchev–Trinajstić information content (AvgIpc) is 2.39. The van der Waals surface area contributed by atoms with Crippen LogP contribution in [0.1, 0.15) is 47.0 Å². The Bertz CT molecular complexity index is 350. The molecular formula is C18H31NO. The van der Waals surface area contributed by atoms with Crippen molar-refractivity contribution in [3.8, 4) is 5.75 Å². The van der Waals surface area contributed by atoms with Crippen LogP contribution in [0.3, 0.4) is 0 Å². The van der Waals surface area contributed by atoms with Crippen molar-refractivity contribution in [3.05, 3.63) is 30.3 Å². The third kappa shape index (κ3) is 6.95. The fourth-order valence-corrected chi connectivity index (χ4v) is 2.50. The summed E-state index contributed by atoms with van der Waals surface area (Å²) in [7, 11) is 0. The van der Waals surface area contributed by atoms with Crippen molar-refractivity contribution < 1.29 is 4.74 Å². The number of rotatable bonds is 10. The summed E-state index contributed by atoms with van der Waals surface area (Å²) in [4.78, 5) is 0. The minimum Gasteiger partial charge on any atom is -0.494 e. The van der Waals surface area contributed by atoms with Gasteiger partial charge in [0, 0.05) is 6.54 Å². The molecule has 0 aliphatic heterocycles. The smallest absolute Gasteiger partial charge is 0.119 e. The van der Waals surface area contributed by atoms with Crippen LogP contribution >= 0.6 is 0 Å². The Balaban J connectivity index is 2.36. The van der Waals surface area contributed by atoms with Crippen molar-refractivity contribution in [2.45, 2.75) is 47.0 Å². The van der Waals surface area contributed by atoms with E-state index in [4.69, 9.17) is 4.74 Å². The Kier molecular flexibility index (Phi) is 7.68. The monoisotopic (exact) mass is 277 g/mol. The minimum absolute atomic E-state index is 0.332. The average molecular weight is 277 g/mol. The first kappa shape index (κ1) is 17.0. The topological polar surface area (TPSA) is 21.3 Å². The molecule has 0 heterocycles. The van der Waals surface area contributed by atoms with E-state index < -0.39 is 0 Å². The number of ether oxygens (including phenoxy) is 1. The van der Waals surface area contributed by atoms with Crippen molar-refractivity contribution in [2.75, 3.05) is 19.7 Å². The van der Waals surface area contributed by atoms with Gasteiger partial charge in [0.1, 0.15) is 5.75 Å². The summed E-state index contributed by atoms with van der Waals surface area (Å²) in [6.45, 7) is 12.1.